The van der Waals surface area contributed by atoms with Crippen molar-refractivity contribution in [1.82, 2.24) is 4.98 Å². The number of aryl methyl sites for hydroxylation is 1. The fourth-order valence-electron chi connectivity index (χ4n) is 2.45. The van der Waals surface area contributed by atoms with Crippen LogP contribution in [0.4, 0.5) is 5.82 Å². The molecule has 0 radical (unpaired) electrons. The Morgan fingerprint density at radius 1 is 1.53 bits per heavy atom. The van der Waals surface area contributed by atoms with E-state index < -0.39 is 0 Å². The van der Waals surface area contributed by atoms with Gasteiger partial charge in [-0.2, -0.15) is 5.26 Å². The minimum absolute atomic E-state index is 0.490. The van der Waals surface area contributed by atoms with E-state index in [1.807, 2.05) is 13.0 Å². The molecular formula is C14H19N3. The smallest absolute Gasteiger partial charge is 0.144 e. The van der Waals surface area contributed by atoms with Crippen LogP contribution in [0.1, 0.15) is 49.9 Å². The summed E-state index contributed by atoms with van der Waals surface area (Å²) in [5, 5.41) is 12.3. The lowest BCUT2D eigenvalue weighted by Crippen LogP contribution is -2.19. The van der Waals surface area contributed by atoms with E-state index in [0.717, 1.165) is 18.8 Å². The van der Waals surface area contributed by atoms with Crippen LogP contribution < -0.4 is 5.32 Å². The first-order valence-corrected chi connectivity index (χ1v) is 6.35. The monoisotopic (exact) mass is 229 g/mol. The van der Waals surface area contributed by atoms with E-state index in [0.29, 0.717) is 17.4 Å². The fraction of sp³-hybridized carbons (Fsp3) is 0.571. The second kappa shape index (κ2) is 4.75. The highest BCUT2D eigenvalue weighted by molar-refractivity contribution is 5.55. The van der Waals surface area contributed by atoms with Gasteiger partial charge in [-0.1, -0.05) is 13.8 Å². The third kappa shape index (κ3) is 2.12. The topological polar surface area (TPSA) is 48.7 Å². The van der Waals surface area contributed by atoms with E-state index in [9.17, 15) is 0 Å². The molecule has 1 aromatic rings. The lowest BCUT2D eigenvalue weighted by Gasteiger charge is -2.28. The molecule has 1 N–H and O–H groups in total. The zero-order valence-corrected chi connectivity index (χ0v) is 10.7. The molecule has 1 aliphatic carbocycles. The van der Waals surface area contributed by atoms with Crippen molar-refractivity contribution in [3.63, 3.8) is 0 Å². The Morgan fingerprint density at radius 2 is 2.29 bits per heavy atom. The van der Waals surface area contributed by atoms with Gasteiger partial charge in [-0.15, -0.1) is 0 Å². The van der Waals surface area contributed by atoms with Crippen LogP contribution in [0.2, 0.25) is 0 Å². The molecule has 1 aromatic heterocycles. The molecule has 0 saturated heterocycles. The lowest BCUT2D eigenvalue weighted by atomic mass is 9.79. The standard InChI is InChI=1S/C14H19N3/c1-4-16-14-12(8-15)7-11-6-5-9(2)10(3)13(11)17-14/h7,9-10H,4-6H2,1-3H3,(H,16,17). The molecule has 2 rings (SSSR count). The van der Waals surface area contributed by atoms with E-state index in [2.05, 4.69) is 30.2 Å². The number of hydrogen-bond donors (Lipinski definition) is 1. The molecule has 0 bridgehead atoms. The van der Waals surface area contributed by atoms with Gasteiger partial charge in [0.1, 0.15) is 11.9 Å². The first-order chi connectivity index (χ1) is 8.17. The van der Waals surface area contributed by atoms with Gasteiger partial charge in [-0.3, -0.25) is 0 Å². The normalized spacial score (nSPS) is 22.7. The summed E-state index contributed by atoms with van der Waals surface area (Å²) in [5.41, 5.74) is 3.11. The van der Waals surface area contributed by atoms with Crippen molar-refractivity contribution in [1.29, 1.82) is 5.26 Å². The van der Waals surface area contributed by atoms with Crippen LogP contribution in [0.5, 0.6) is 0 Å². The van der Waals surface area contributed by atoms with Crippen LogP contribution in [-0.4, -0.2) is 11.5 Å². The maximum atomic E-state index is 9.13. The average molecular weight is 229 g/mol. The number of nitrogens with zero attached hydrogens (tertiary/aromatic N) is 2. The van der Waals surface area contributed by atoms with Crippen LogP contribution >= 0.6 is 0 Å². The van der Waals surface area contributed by atoms with Gasteiger partial charge in [0.2, 0.25) is 0 Å². The summed E-state index contributed by atoms with van der Waals surface area (Å²) in [6.07, 6.45) is 2.25. The minimum Gasteiger partial charge on any atom is -0.369 e. The van der Waals surface area contributed by atoms with Gasteiger partial charge < -0.3 is 5.32 Å². The summed E-state index contributed by atoms with van der Waals surface area (Å²) in [7, 11) is 0. The Morgan fingerprint density at radius 3 is 2.94 bits per heavy atom. The molecular weight excluding hydrogens is 210 g/mol. The first-order valence-electron chi connectivity index (χ1n) is 6.35. The SMILES string of the molecule is CCNc1nc2c(cc1C#N)CCC(C)C2C. The third-order valence-electron chi connectivity index (χ3n) is 3.75. The molecule has 0 saturated carbocycles. The molecule has 2 unspecified atom stereocenters. The molecule has 90 valence electrons. The average Bonchev–Trinajstić information content (AvgIpc) is 2.34. The van der Waals surface area contributed by atoms with Crippen molar-refractivity contribution in [3.05, 3.63) is 22.9 Å². The van der Waals surface area contributed by atoms with Gasteiger partial charge in [-0.05, 0) is 37.3 Å². The minimum atomic E-state index is 0.490. The third-order valence-corrected chi connectivity index (χ3v) is 3.75. The first kappa shape index (κ1) is 11.9. The number of hydrogen-bond acceptors (Lipinski definition) is 3. The zero-order chi connectivity index (χ0) is 12.4. The van der Waals surface area contributed by atoms with Crippen molar-refractivity contribution >= 4 is 5.82 Å². The Kier molecular flexibility index (Phi) is 3.33. The molecule has 0 spiro atoms. The van der Waals surface area contributed by atoms with Crippen molar-refractivity contribution in [3.8, 4) is 6.07 Å². The fourth-order valence-corrected chi connectivity index (χ4v) is 2.45. The number of pyridine rings is 1. The van der Waals surface area contributed by atoms with Crippen LogP contribution in [0.25, 0.3) is 0 Å². The molecule has 0 amide bonds. The van der Waals surface area contributed by atoms with Gasteiger partial charge in [0.05, 0.1) is 5.56 Å². The highest BCUT2D eigenvalue weighted by Gasteiger charge is 2.25. The molecule has 0 aromatic carbocycles. The van der Waals surface area contributed by atoms with Crippen LogP contribution in [0.3, 0.4) is 0 Å². The summed E-state index contributed by atoms with van der Waals surface area (Å²) < 4.78 is 0. The molecule has 1 heterocycles. The van der Waals surface area contributed by atoms with E-state index in [1.54, 1.807) is 0 Å². The number of anilines is 1. The van der Waals surface area contributed by atoms with Gasteiger partial charge in [0.15, 0.2) is 0 Å². The number of fused-ring (bicyclic) bond motifs is 1. The molecule has 17 heavy (non-hydrogen) atoms. The van der Waals surface area contributed by atoms with Crippen molar-refractivity contribution in [2.45, 2.75) is 39.5 Å². The van der Waals surface area contributed by atoms with Crippen LogP contribution in [0.15, 0.2) is 6.07 Å². The number of nitrogens with one attached hydrogen (secondary N) is 1. The largest absolute Gasteiger partial charge is 0.369 e. The highest BCUT2D eigenvalue weighted by Crippen LogP contribution is 2.35. The number of aromatic nitrogens is 1. The van der Waals surface area contributed by atoms with Gasteiger partial charge in [0, 0.05) is 18.2 Å². The maximum absolute atomic E-state index is 9.13. The molecule has 1 aliphatic rings. The quantitative estimate of drug-likeness (QED) is 0.847. The van der Waals surface area contributed by atoms with Crippen molar-refractivity contribution in [2.75, 3.05) is 11.9 Å². The van der Waals surface area contributed by atoms with E-state index in [1.165, 1.54) is 17.7 Å². The summed E-state index contributed by atoms with van der Waals surface area (Å²) in [6, 6.07) is 4.25. The zero-order valence-electron chi connectivity index (χ0n) is 10.7. The number of rotatable bonds is 2. The van der Waals surface area contributed by atoms with E-state index in [-0.39, 0.29) is 0 Å². The molecule has 3 heteroatoms. The Labute approximate surface area is 103 Å². The molecule has 0 aliphatic heterocycles. The Bertz CT molecular complexity index is 459. The van der Waals surface area contributed by atoms with E-state index in [4.69, 9.17) is 5.26 Å². The van der Waals surface area contributed by atoms with E-state index >= 15 is 0 Å². The van der Waals surface area contributed by atoms with Gasteiger partial charge in [0.25, 0.3) is 0 Å². The summed E-state index contributed by atoms with van der Waals surface area (Å²) >= 11 is 0. The maximum Gasteiger partial charge on any atom is 0.144 e. The van der Waals surface area contributed by atoms with Gasteiger partial charge >= 0.3 is 0 Å². The van der Waals surface area contributed by atoms with Crippen molar-refractivity contribution in [2.24, 2.45) is 5.92 Å². The molecule has 3 nitrogen and oxygen atoms in total. The second-order valence-corrected chi connectivity index (χ2v) is 4.88. The summed E-state index contributed by atoms with van der Waals surface area (Å²) in [5.74, 6) is 1.91. The highest BCUT2D eigenvalue weighted by atomic mass is 15.0. The predicted octanol–water partition coefficient (Wildman–Crippen LogP) is 3.07. The summed E-state index contributed by atoms with van der Waals surface area (Å²) in [6.45, 7) is 7.33. The van der Waals surface area contributed by atoms with Crippen LogP contribution in [-0.2, 0) is 6.42 Å². The summed E-state index contributed by atoms with van der Waals surface area (Å²) in [4.78, 5) is 4.67. The van der Waals surface area contributed by atoms with Crippen LogP contribution in [0, 0.1) is 17.2 Å². The number of nitriles is 1. The van der Waals surface area contributed by atoms with Gasteiger partial charge in [-0.25, -0.2) is 4.98 Å². The Hall–Kier alpha value is -1.56. The Balaban J connectivity index is 2.48. The predicted molar refractivity (Wildman–Crippen MR) is 69.0 cm³/mol. The molecule has 0 fully saturated rings. The second-order valence-electron chi connectivity index (χ2n) is 4.88. The lowest BCUT2D eigenvalue weighted by molar-refractivity contribution is 0.417. The van der Waals surface area contributed by atoms with Crippen molar-refractivity contribution < 1.29 is 0 Å². The molecule has 2 atom stereocenters.